The number of unbranched alkanes of at least 4 members (excludes halogenated alkanes) is 1. The largest absolute Gasteiger partial charge is 1.00 e. The molecule has 0 aliphatic rings. The monoisotopic (exact) mass is 304 g/mol. The Kier molecular flexibility index (Phi) is 9.14. The Balaban J connectivity index is 0. The molecule has 0 aliphatic carbocycles. The molecular weight excluding hydrogens is 287 g/mol. The molecule has 0 bridgehead atoms. The van der Waals surface area contributed by atoms with E-state index in [1.54, 1.807) is 6.92 Å². The maximum atomic E-state index is 11.7. The van der Waals surface area contributed by atoms with Crippen molar-refractivity contribution in [2.75, 3.05) is 7.11 Å². The summed E-state index contributed by atoms with van der Waals surface area (Å²) in [6.07, 6.45) is 0.421. The first kappa shape index (κ1) is 21.2. The zero-order chi connectivity index (χ0) is 14.6. The first-order valence-electron chi connectivity index (χ1n) is 5.41. The second-order valence-electron chi connectivity index (χ2n) is 4.00. The minimum absolute atomic E-state index is 0. The number of carboxylic acids is 1. The summed E-state index contributed by atoms with van der Waals surface area (Å²) in [6, 6.07) is 0. The topological polar surface area (TPSA) is 121 Å². The van der Waals surface area contributed by atoms with Crippen LogP contribution in [0.1, 0.15) is 33.1 Å². The molecule has 0 aliphatic heterocycles. The molecule has 0 aromatic carbocycles. The van der Waals surface area contributed by atoms with Crippen LogP contribution in [0.4, 0.5) is 0 Å². The van der Waals surface area contributed by atoms with Gasteiger partial charge in [-0.15, -0.1) is 0 Å². The number of carboxylic acid groups (broad SMARTS) is 1. The molecule has 0 aromatic heterocycles. The number of carbonyl (C=O) groups excluding carboxylic acids is 2. The Morgan fingerprint density at radius 3 is 2.16 bits per heavy atom. The molecule has 0 rings (SSSR count). The normalized spacial score (nSPS) is 15.8. The summed E-state index contributed by atoms with van der Waals surface area (Å²) >= 11 is 0. The van der Waals surface area contributed by atoms with Gasteiger partial charge in [0.2, 0.25) is 4.75 Å². The number of methoxy groups -OCH3 is 1. The van der Waals surface area contributed by atoms with E-state index in [1.165, 1.54) is 0 Å². The SMILES string of the molecule is CCCCC(C(=O)OC)(C(C)C(=O)[O-])S(=O)(=O)O.[Na+]. The zero-order valence-electron chi connectivity index (χ0n) is 11.5. The van der Waals surface area contributed by atoms with Crippen molar-refractivity contribution in [2.45, 2.75) is 37.9 Å². The summed E-state index contributed by atoms with van der Waals surface area (Å²) in [6.45, 7) is 2.73. The van der Waals surface area contributed by atoms with Crippen molar-refractivity contribution >= 4 is 22.1 Å². The fraction of sp³-hybridized carbons (Fsp3) is 0.800. The van der Waals surface area contributed by atoms with Gasteiger partial charge in [-0.05, 0) is 6.42 Å². The van der Waals surface area contributed by atoms with Crippen molar-refractivity contribution < 1.29 is 62.0 Å². The van der Waals surface area contributed by atoms with Crippen LogP contribution < -0.4 is 34.7 Å². The number of hydrogen-bond donors (Lipinski definition) is 1. The molecular formula is C10H17NaO7S. The van der Waals surface area contributed by atoms with E-state index >= 15 is 0 Å². The van der Waals surface area contributed by atoms with Gasteiger partial charge in [0.05, 0.1) is 7.11 Å². The number of esters is 1. The van der Waals surface area contributed by atoms with Crippen LogP contribution in [0.2, 0.25) is 0 Å². The fourth-order valence-corrected chi connectivity index (χ4v) is 2.99. The molecule has 19 heavy (non-hydrogen) atoms. The molecule has 0 radical (unpaired) electrons. The van der Waals surface area contributed by atoms with Crippen LogP contribution in [0, 0.1) is 5.92 Å². The van der Waals surface area contributed by atoms with E-state index < -0.39 is 32.7 Å². The zero-order valence-corrected chi connectivity index (χ0v) is 14.3. The third kappa shape index (κ3) is 4.42. The van der Waals surface area contributed by atoms with E-state index in [9.17, 15) is 27.7 Å². The molecule has 2 unspecified atom stereocenters. The number of ether oxygens (including phenoxy) is 1. The van der Waals surface area contributed by atoms with Gasteiger partial charge >= 0.3 is 35.5 Å². The van der Waals surface area contributed by atoms with E-state index in [0.717, 1.165) is 14.0 Å². The molecule has 2 atom stereocenters. The van der Waals surface area contributed by atoms with Gasteiger partial charge in [-0.2, -0.15) is 8.42 Å². The average molecular weight is 304 g/mol. The molecule has 106 valence electrons. The van der Waals surface area contributed by atoms with Crippen LogP contribution in [-0.2, 0) is 24.4 Å². The Labute approximate surface area is 134 Å². The third-order valence-electron chi connectivity index (χ3n) is 2.95. The smallest absolute Gasteiger partial charge is 0.550 e. The Hall–Kier alpha value is -0.150. The summed E-state index contributed by atoms with van der Waals surface area (Å²) in [5, 5.41) is 10.9. The molecule has 7 nitrogen and oxygen atoms in total. The first-order valence-corrected chi connectivity index (χ1v) is 6.85. The Morgan fingerprint density at radius 1 is 1.42 bits per heavy atom. The van der Waals surface area contributed by atoms with Crippen molar-refractivity contribution in [3.63, 3.8) is 0 Å². The molecule has 0 saturated heterocycles. The van der Waals surface area contributed by atoms with E-state index in [2.05, 4.69) is 4.74 Å². The van der Waals surface area contributed by atoms with Gasteiger partial charge < -0.3 is 14.6 Å². The van der Waals surface area contributed by atoms with Gasteiger partial charge in [-0.3, -0.25) is 9.35 Å². The van der Waals surface area contributed by atoms with Crippen molar-refractivity contribution in [2.24, 2.45) is 5.92 Å². The number of hydrogen-bond acceptors (Lipinski definition) is 6. The van der Waals surface area contributed by atoms with Crippen LogP contribution in [0.25, 0.3) is 0 Å². The third-order valence-corrected chi connectivity index (χ3v) is 4.59. The van der Waals surface area contributed by atoms with Crippen LogP contribution in [0.5, 0.6) is 0 Å². The van der Waals surface area contributed by atoms with Crippen LogP contribution in [-0.4, -0.2) is 36.8 Å². The predicted octanol–water partition coefficient (Wildman–Crippen LogP) is -3.63. The minimum Gasteiger partial charge on any atom is -0.550 e. The average Bonchev–Trinajstić information content (AvgIpc) is 2.27. The standard InChI is InChI=1S/C10H18O7S.Na/c1-4-5-6-10(9(13)17-3,18(14,15)16)7(2)8(11)12;/h7H,4-6H2,1-3H3,(H,11,12)(H,14,15,16);/q;+1/p-1. The molecule has 9 heteroatoms. The molecule has 0 aromatic rings. The van der Waals surface area contributed by atoms with Crippen LogP contribution in [0.15, 0.2) is 0 Å². The van der Waals surface area contributed by atoms with Crippen molar-refractivity contribution in [3.8, 4) is 0 Å². The second-order valence-corrected chi connectivity index (χ2v) is 5.68. The van der Waals surface area contributed by atoms with Gasteiger partial charge in [0, 0.05) is 11.9 Å². The van der Waals surface area contributed by atoms with Crippen molar-refractivity contribution in [1.29, 1.82) is 0 Å². The quantitative estimate of drug-likeness (QED) is 0.292. The van der Waals surface area contributed by atoms with E-state index in [1.807, 2.05) is 0 Å². The molecule has 0 heterocycles. The van der Waals surface area contributed by atoms with Crippen molar-refractivity contribution in [1.82, 2.24) is 0 Å². The van der Waals surface area contributed by atoms with E-state index in [4.69, 9.17) is 0 Å². The van der Waals surface area contributed by atoms with Gasteiger partial charge in [0.1, 0.15) is 0 Å². The number of aliphatic carboxylic acids is 1. The van der Waals surface area contributed by atoms with Crippen LogP contribution >= 0.6 is 0 Å². The molecule has 1 N–H and O–H groups in total. The fourth-order valence-electron chi connectivity index (χ4n) is 1.76. The maximum absolute atomic E-state index is 11.7. The molecule has 0 fully saturated rings. The maximum Gasteiger partial charge on any atom is 1.00 e. The molecule has 0 amide bonds. The van der Waals surface area contributed by atoms with Gasteiger partial charge in [0.25, 0.3) is 10.1 Å². The van der Waals surface area contributed by atoms with Gasteiger partial charge in [0.15, 0.2) is 0 Å². The number of carbonyl (C=O) groups is 2. The number of rotatable bonds is 7. The molecule has 0 saturated carbocycles. The van der Waals surface area contributed by atoms with E-state index in [-0.39, 0.29) is 42.4 Å². The first-order chi connectivity index (χ1) is 8.15. The summed E-state index contributed by atoms with van der Waals surface area (Å²) in [5.74, 6) is -4.75. The molecule has 0 spiro atoms. The predicted molar refractivity (Wildman–Crippen MR) is 60.0 cm³/mol. The van der Waals surface area contributed by atoms with Crippen molar-refractivity contribution in [3.05, 3.63) is 0 Å². The Bertz CT molecular complexity index is 420. The van der Waals surface area contributed by atoms with Crippen LogP contribution in [0.3, 0.4) is 0 Å². The second kappa shape index (κ2) is 8.21. The Morgan fingerprint density at radius 2 is 1.89 bits per heavy atom. The summed E-state index contributed by atoms with van der Waals surface area (Å²) in [4.78, 5) is 22.6. The summed E-state index contributed by atoms with van der Waals surface area (Å²) in [7, 11) is -4.02. The van der Waals surface area contributed by atoms with E-state index in [0.29, 0.717) is 6.42 Å². The summed E-state index contributed by atoms with van der Waals surface area (Å²) < 4.78 is 34.0. The van der Waals surface area contributed by atoms with Gasteiger partial charge in [-0.25, -0.2) is 0 Å². The van der Waals surface area contributed by atoms with Gasteiger partial charge in [-0.1, -0.05) is 26.7 Å². The summed E-state index contributed by atoms with van der Waals surface area (Å²) in [5.41, 5.74) is 0. The minimum atomic E-state index is -4.95.